The van der Waals surface area contributed by atoms with Crippen molar-refractivity contribution >= 4 is 34.8 Å². The lowest BCUT2D eigenvalue weighted by Crippen LogP contribution is -2.37. The summed E-state index contributed by atoms with van der Waals surface area (Å²) in [6.07, 6.45) is 0. The fourth-order valence-corrected chi connectivity index (χ4v) is 2.45. The lowest BCUT2D eigenvalue weighted by molar-refractivity contribution is -0.120. The summed E-state index contributed by atoms with van der Waals surface area (Å²) in [6, 6.07) is 13.4. The first-order valence-electron chi connectivity index (χ1n) is 7.37. The van der Waals surface area contributed by atoms with Crippen molar-refractivity contribution in [3.63, 3.8) is 0 Å². The van der Waals surface area contributed by atoms with Gasteiger partial charge in [-0.05, 0) is 30.3 Å². The molecule has 1 N–H and O–H groups in total. The van der Waals surface area contributed by atoms with Crippen LogP contribution in [-0.4, -0.2) is 25.5 Å². The van der Waals surface area contributed by atoms with Gasteiger partial charge in [-0.2, -0.15) is 5.26 Å². The van der Waals surface area contributed by atoms with E-state index in [1.165, 1.54) is 18.9 Å². The van der Waals surface area contributed by atoms with Crippen molar-refractivity contribution < 1.29 is 14.3 Å². The molecule has 0 heterocycles. The second-order valence-corrected chi connectivity index (χ2v) is 5.56. The molecule has 0 aromatic heterocycles. The first-order chi connectivity index (χ1) is 12.0. The molecule has 0 aliphatic carbocycles. The minimum absolute atomic E-state index is 0.246. The average Bonchev–Trinajstić information content (AvgIpc) is 2.59. The van der Waals surface area contributed by atoms with Gasteiger partial charge in [0.05, 0.1) is 24.0 Å². The number of carbonyl (C=O) groups excluding carboxylic acids is 2. The van der Waals surface area contributed by atoms with E-state index in [0.29, 0.717) is 27.7 Å². The van der Waals surface area contributed by atoms with Crippen LogP contribution < -0.4 is 15.0 Å². The summed E-state index contributed by atoms with van der Waals surface area (Å²) in [5.74, 6) is -0.344. The van der Waals surface area contributed by atoms with Gasteiger partial charge in [-0.15, -0.1) is 0 Å². The summed E-state index contributed by atoms with van der Waals surface area (Å²) in [7, 11) is 1.48. The fraction of sp³-hybridized carbons (Fsp3) is 0.167. The second-order valence-electron chi connectivity index (χ2n) is 5.13. The number of benzene rings is 2. The van der Waals surface area contributed by atoms with Crippen molar-refractivity contribution in [1.82, 2.24) is 0 Å². The van der Waals surface area contributed by atoms with Crippen LogP contribution in [0.2, 0.25) is 5.02 Å². The maximum absolute atomic E-state index is 12.4. The lowest BCUT2D eigenvalue weighted by Gasteiger charge is -2.22. The molecule has 0 aliphatic heterocycles. The highest BCUT2D eigenvalue weighted by Gasteiger charge is 2.19. The van der Waals surface area contributed by atoms with Gasteiger partial charge in [-0.3, -0.25) is 9.59 Å². The molecule has 6 nitrogen and oxygen atoms in total. The van der Waals surface area contributed by atoms with Crippen LogP contribution in [0.25, 0.3) is 0 Å². The second kappa shape index (κ2) is 8.18. The Kier molecular flexibility index (Phi) is 5.98. The summed E-state index contributed by atoms with van der Waals surface area (Å²) >= 11 is 5.94. The number of nitrogens with one attached hydrogen (secondary N) is 1. The van der Waals surface area contributed by atoms with Crippen LogP contribution in [-0.2, 0) is 9.59 Å². The third-order valence-corrected chi connectivity index (χ3v) is 3.67. The van der Waals surface area contributed by atoms with Crippen LogP contribution in [0.5, 0.6) is 5.75 Å². The van der Waals surface area contributed by atoms with Gasteiger partial charge in [0.15, 0.2) is 0 Å². The Labute approximate surface area is 150 Å². The molecule has 2 rings (SSSR count). The molecule has 2 aromatic carbocycles. The number of nitrogens with zero attached hydrogens (tertiary/aromatic N) is 2. The molecule has 0 aliphatic rings. The van der Waals surface area contributed by atoms with Gasteiger partial charge in [-0.25, -0.2) is 0 Å². The lowest BCUT2D eigenvalue weighted by atomic mass is 10.1. The topological polar surface area (TPSA) is 82.4 Å². The van der Waals surface area contributed by atoms with E-state index in [0.717, 1.165) is 0 Å². The van der Waals surface area contributed by atoms with E-state index < -0.39 is 5.91 Å². The van der Waals surface area contributed by atoms with Crippen LogP contribution >= 0.6 is 11.6 Å². The Balaban J connectivity index is 2.24. The van der Waals surface area contributed by atoms with Gasteiger partial charge in [0, 0.05) is 11.9 Å². The molecule has 2 aromatic rings. The van der Waals surface area contributed by atoms with Gasteiger partial charge in [0.1, 0.15) is 18.4 Å². The highest BCUT2D eigenvalue weighted by Crippen LogP contribution is 2.28. The largest absolute Gasteiger partial charge is 0.495 e. The zero-order chi connectivity index (χ0) is 18.4. The smallest absolute Gasteiger partial charge is 0.244 e. The van der Waals surface area contributed by atoms with Gasteiger partial charge >= 0.3 is 0 Å². The summed E-state index contributed by atoms with van der Waals surface area (Å²) in [5.41, 5.74) is 1.09. The number of hydrogen-bond donors (Lipinski definition) is 1. The van der Waals surface area contributed by atoms with E-state index in [9.17, 15) is 14.9 Å². The highest BCUT2D eigenvalue weighted by atomic mass is 35.5. The van der Waals surface area contributed by atoms with Crippen molar-refractivity contribution in [1.29, 1.82) is 5.26 Å². The monoisotopic (exact) mass is 357 g/mol. The number of halogens is 1. The zero-order valence-electron chi connectivity index (χ0n) is 13.7. The van der Waals surface area contributed by atoms with Crippen molar-refractivity contribution in [3.05, 3.63) is 53.1 Å². The third kappa shape index (κ3) is 4.49. The fourth-order valence-electron chi connectivity index (χ4n) is 2.28. The summed E-state index contributed by atoms with van der Waals surface area (Å²) in [5, 5.41) is 12.3. The van der Waals surface area contributed by atoms with Crippen molar-refractivity contribution in [2.75, 3.05) is 23.9 Å². The standard InChI is InChI=1S/C18H16ClN3O3/c1-12(23)22(16-6-4-3-5-13(16)10-20)11-18(24)21-15-9-14(19)7-8-17(15)25-2/h3-9H,11H2,1-2H3,(H,21,24). The summed E-state index contributed by atoms with van der Waals surface area (Å²) in [4.78, 5) is 25.6. The highest BCUT2D eigenvalue weighted by molar-refractivity contribution is 6.31. The van der Waals surface area contributed by atoms with E-state index in [1.807, 2.05) is 6.07 Å². The van der Waals surface area contributed by atoms with Crippen LogP contribution in [0.4, 0.5) is 11.4 Å². The van der Waals surface area contributed by atoms with Crippen LogP contribution in [0.3, 0.4) is 0 Å². The molecule has 0 bridgehead atoms. The molecule has 25 heavy (non-hydrogen) atoms. The average molecular weight is 358 g/mol. The molecule has 0 radical (unpaired) electrons. The Hall–Kier alpha value is -3.04. The number of para-hydroxylation sites is 1. The first-order valence-corrected chi connectivity index (χ1v) is 7.74. The molecule has 0 atom stereocenters. The molecule has 0 saturated carbocycles. The van der Waals surface area contributed by atoms with E-state index in [-0.39, 0.29) is 12.5 Å². The molecular formula is C18H16ClN3O3. The summed E-state index contributed by atoms with van der Waals surface area (Å²) in [6.45, 7) is 1.09. The number of ether oxygens (including phenoxy) is 1. The molecular weight excluding hydrogens is 342 g/mol. The minimum Gasteiger partial charge on any atom is -0.495 e. The van der Waals surface area contributed by atoms with Gasteiger partial charge in [0.25, 0.3) is 0 Å². The number of methoxy groups -OCH3 is 1. The van der Waals surface area contributed by atoms with E-state index >= 15 is 0 Å². The summed E-state index contributed by atoms with van der Waals surface area (Å²) < 4.78 is 5.18. The quantitative estimate of drug-likeness (QED) is 0.890. The van der Waals surface area contributed by atoms with Gasteiger partial charge < -0.3 is 15.0 Å². The Bertz CT molecular complexity index is 846. The molecule has 0 saturated heterocycles. The molecule has 0 fully saturated rings. The zero-order valence-corrected chi connectivity index (χ0v) is 14.5. The van der Waals surface area contributed by atoms with E-state index in [2.05, 4.69) is 5.32 Å². The predicted molar refractivity (Wildman–Crippen MR) is 95.8 cm³/mol. The maximum atomic E-state index is 12.4. The Morgan fingerprint density at radius 1 is 1.28 bits per heavy atom. The Morgan fingerprint density at radius 3 is 2.64 bits per heavy atom. The molecule has 2 amide bonds. The Morgan fingerprint density at radius 2 is 2.00 bits per heavy atom. The van der Waals surface area contributed by atoms with Crippen molar-refractivity contribution in [3.8, 4) is 11.8 Å². The molecule has 0 unspecified atom stereocenters. The number of carbonyl (C=O) groups is 2. The van der Waals surface area contributed by atoms with Crippen molar-refractivity contribution in [2.24, 2.45) is 0 Å². The number of hydrogen-bond acceptors (Lipinski definition) is 4. The SMILES string of the molecule is COc1ccc(Cl)cc1NC(=O)CN(C(C)=O)c1ccccc1C#N. The minimum atomic E-state index is -0.441. The van der Waals surface area contributed by atoms with Gasteiger partial charge in [-0.1, -0.05) is 23.7 Å². The molecule has 128 valence electrons. The number of rotatable bonds is 5. The van der Waals surface area contributed by atoms with Crippen LogP contribution in [0.1, 0.15) is 12.5 Å². The van der Waals surface area contributed by atoms with Crippen molar-refractivity contribution in [2.45, 2.75) is 6.92 Å². The number of amides is 2. The molecule has 7 heteroatoms. The van der Waals surface area contributed by atoms with E-state index in [4.69, 9.17) is 16.3 Å². The first kappa shape index (κ1) is 18.3. The third-order valence-electron chi connectivity index (χ3n) is 3.43. The maximum Gasteiger partial charge on any atom is 0.244 e. The van der Waals surface area contributed by atoms with Crippen LogP contribution in [0, 0.1) is 11.3 Å². The normalized spacial score (nSPS) is 9.84. The molecule has 0 spiro atoms. The van der Waals surface area contributed by atoms with Gasteiger partial charge in [0.2, 0.25) is 11.8 Å². The predicted octanol–water partition coefficient (Wildman–Crippen LogP) is 3.21. The number of nitriles is 1. The number of anilines is 2. The van der Waals surface area contributed by atoms with Crippen LogP contribution in [0.15, 0.2) is 42.5 Å². The van der Waals surface area contributed by atoms with E-state index in [1.54, 1.807) is 42.5 Å².